The van der Waals surface area contributed by atoms with Crippen LogP contribution in [0.15, 0.2) is 4.99 Å². The Labute approximate surface area is 197 Å². The quantitative estimate of drug-likeness (QED) is 0.434. The molecule has 2 aliphatic heterocycles. The van der Waals surface area contributed by atoms with Crippen LogP contribution in [0.4, 0.5) is 39.5 Å². The van der Waals surface area contributed by atoms with E-state index in [2.05, 4.69) is 19.9 Å². The summed E-state index contributed by atoms with van der Waals surface area (Å²) in [5.41, 5.74) is -2.32. The molecule has 2 atom stereocenters. The summed E-state index contributed by atoms with van der Waals surface area (Å²) in [6, 6.07) is 0. The van der Waals surface area contributed by atoms with Gasteiger partial charge in [0, 0.05) is 18.9 Å². The molecule has 1 saturated carbocycles. The number of hydrogen-bond donors (Lipinski definition) is 1. The second-order valence-electron chi connectivity index (χ2n) is 8.75. The fourth-order valence-corrected chi connectivity index (χ4v) is 4.56. The highest BCUT2D eigenvalue weighted by molar-refractivity contribution is 6.09. The number of amidine groups is 1. The van der Waals surface area contributed by atoms with Gasteiger partial charge in [-0.3, -0.25) is 4.79 Å². The monoisotopic (exact) mass is 541 g/mol. The van der Waals surface area contributed by atoms with E-state index in [1.807, 2.05) is 0 Å². The van der Waals surface area contributed by atoms with Crippen molar-refractivity contribution in [2.75, 3.05) is 13.1 Å². The topological polar surface area (TPSA) is 97.3 Å². The summed E-state index contributed by atoms with van der Waals surface area (Å²) in [5.74, 6) is -9.21. The maximum Gasteiger partial charge on any atom is 0.493 e. The lowest BCUT2D eigenvalue weighted by Gasteiger charge is -2.36. The molecule has 17 heteroatoms. The van der Waals surface area contributed by atoms with E-state index >= 15 is 0 Å². The predicted molar refractivity (Wildman–Crippen MR) is 98.7 cm³/mol. The van der Waals surface area contributed by atoms with E-state index in [9.17, 15) is 53.9 Å². The number of rotatable bonds is 4. The van der Waals surface area contributed by atoms with Crippen LogP contribution in [0.2, 0.25) is 0 Å². The highest BCUT2D eigenvalue weighted by atomic mass is 19.4. The smallest absolute Gasteiger partial charge is 0.451 e. The number of halogens is 9. The number of piperidine rings is 1. The van der Waals surface area contributed by atoms with Crippen LogP contribution in [-0.4, -0.2) is 72.0 Å². The molecule has 8 nitrogen and oxygen atoms in total. The van der Waals surface area contributed by atoms with E-state index in [-0.39, 0.29) is 37.3 Å². The zero-order chi connectivity index (χ0) is 27.1. The predicted octanol–water partition coefficient (Wildman–Crippen LogP) is 3.21. The van der Waals surface area contributed by atoms with Crippen molar-refractivity contribution in [2.24, 2.45) is 16.8 Å². The number of hydroxylamine groups is 2. The molecule has 2 heterocycles. The van der Waals surface area contributed by atoms with Crippen molar-refractivity contribution in [2.45, 2.75) is 68.7 Å². The highest BCUT2D eigenvalue weighted by Crippen LogP contribution is 2.42. The van der Waals surface area contributed by atoms with Crippen molar-refractivity contribution in [3.05, 3.63) is 0 Å². The van der Waals surface area contributed by atoms with Gasteiger partial charge in [-0.2, -0.15) is 39.5 Å². The zero-order valence-electron chi connectivity index (χ0n) is 18.2. The summed E-state index contributed by atoms with van der Waals surface area (Å²) >= 11 is 0. The van der Waals surface area contributed by atoms with E-state index in [0.29, 0.717) is 0 Å². The van der Waals surface area contributed by atoms with Crippen LogP contribution in [0.25, 0.3) is 0 Å². The molecule has 3 aliphatic rings. The average Bonchev–Trinajstić information content (AvgIpc) is 3.00. The van der Waals surface area contributed by atoms with Crippen molar-refractivity contribution in [3.63, 3.8) is 0 Å². The number of esters is 1. The van der Waals surface area contributed by atoms with Gasteiger partial charge in [-0.25, -0.2) is 14.6 Å². The average molecular weight is 541 g/mol. The Bertz CT molecular complexity index is 910. The molecule has 0 aromatic heterocycles. The molecule has 0 radical (unpaired) electrons. The Kier molecular flexibility index (Phi) is 7.54. The maximum atomic E-state index is 13.2. The number of carbonyl (C=O) groups is 3. The maximum absolute atomic E-state index is 13.2. The minimum absolute atomic E-state index is 0.0422. The number of carbonyl (C=O) groups excluding carboxylic acids is 3. The third kappa shape index (κ3) is 6.03. The van der Waals surface area contributed by atoms with Crippen LogP contribution in [0.5, 0.6) is 0 Å². The molecule has 1 spiro atoms. The summed E-state index contributed by atoms with van der Waals surface area (Å²) in [7, 11) is 0. The van der Waals surface area contributed by atoms with Crippen LogP contribution in [0, 0.1) is 11.8 Å². The lowest BCUT2D eigenvalue weighted by molar-refractivity contribution is -0.227. The van der Waals surface area contributed by atoms with E-state index in [0.717, 1.165) is 0 Å². The lowest BCUT2D eigenvalue weighted by Crippen LogP contribution is -2.60. The van der Waals surface area contributed by atoms with Gasteiger partial charge >= 0.3 is 30.5 Å². The number of nitrogens with zero attached hydrogens (tertiary/aromatic N) is 2. The largest absolute Gasteiger partial charge is 0.493 e. The van der Waals surface area contributed by atoms with E-state index in [4.69, 9.17) is 0 Å². The number of alkyl halides is 9. The normalized spacial score (nSPS) is 29.8. The number of nitrogens with one attached hydrogen (secondary N) is 1. The zero-order valence-corrected chi connectivity index (χ0v) is 18.2. The van der Waals surface area contributed by atoms with Crippen molar-refractivity contribution >= 4 is 23.7 Å². The number of amides is 1. The van der Waals surface area contributed by atoms with Gasteiger partial charge in [0.15, 0.2) is 5.54 Å². The lowest BCUT2D eigenvalue weighted by atomic mass is 9.80. The van der Waals surface area contributed by atoms with E-state index < -0.39 is 85.1 Å². The van der Waals surface area contributed by atoms with Gasteiger partial charge in [-0.15, -0.1) is 5.06 Å². The van der Waals surface area contributed by atoms with E-state index in [1.54, 1.807) is 0 Å². The SMILES string of the molecule is O=C(OC1CNCCC12N=C(C1CCC(CC(F)(F)F)CC1)N(OC(=O)C(F)(F)F)C2=O)C(F)(F)F. The molecule has 0 aromatic carbocycles. The number of ether oxygens (including phenoxy) is 1. The van der Waals surface area contributed by atoms with Crippen molar-refractivity contribution in [3.8, 4) is 0 Å². The minimum atomic E-state index is -5.55. The van der Waals surface area contributed by atoms with Gasteiger partial charge in [0.25, 0.3) is 5.91 Å². The fourth-order valence-electron chi connectivity index (χ4n) is 4.56. The molecule has 1 aliphatic carbocycles. The van der Waals surface area contributed by atoms with Crippen molar-refractivity contribution in [1.82, 2.24) is 10.4 Å². The summed E-state index contributed by atoms with van der Waals surface area (Å²) < 4.78 is 119. The van der Waals surface area contributed by atoms with Gasteiger partial charge in [0.2, 0.25) is 0 Å². The standard InChI is InChI=1S/C19H20F9N3O5/c20-17(21,22)7-9-1-3-10(4-2-9)12-30-16(13(32)31(12)36-15(34)19(26,27)28)5-6-29-8-11(16)35-14(33)18(23,24)25/h9-11,29H,1-8H2. The van der Waals surface area contributed by atoms with Crippen LogP contribution in [0.3, 0.4) is 0 Å². The van der Waals surface area contributed by atoms with Gasteiger partial charge in [-0.05, 0) is 44.6 Å². The Morgan fingerprint density at radius 3 is 2.08 bits per heavy atom. The first-order chi connectivity index (χ1) is 16.4. The second-order valence-corrected chi connectivity index (χ2v) is 8.75. The molecule has 36 heavy (non-hydrogen) atoms. The first-order valence-corrected chi connectivity index (χ1v) is 10.7. The third-order valence-electron chi connectivity index (χ3n) is 6.24. The molecule has 0 bridgehead atoms. The summed E-state index contributed by atoms with van der Waals surface area (Å²) in [5, 5.41) is 2.52. The van der Waals surface area contributed by atoms with Gasteiger partial charge in [-0.1, -0.05) is 0 Å². The summed E-state index contributed by atoms with van der Waals surface area (Å²) in [4.78, 5) is 44.4. The minimum Gasteiger partial charge on any atom is -0.451 e. The van der Waals surface area contributed by atoms with E-state index in [1.165, 1.54) is 0 Å². The van der Waals surface area contributed by atoms with Gasteiger partial charge < -0.3 is 14.9 Å². The molecule has 1 amide bonds. The molecular formula is C19H20F9N3O5. The van der Waals surface area contributed by atoms with Crippen LogP contribution >= 0.6 is 0 Å². The van der Waals surface area contributed by atoms with Crippen LogP contribution in [0.1, 0.15) is 38.5 Å². The Hall–Kier alpha value is -2.59. The number of hydrogen-bond acceptors (Lipinski definition) is 7. The molecule has 0 aromatic rings. The van der Waals surface area contributed by atoms with Gasteiger partial charge in [0.05, 0.1) is 0 Å². The summed E-state index contributed by atoms with van der Waals surface area (Å²) in [6.07, 6.45) is -19.1. The third-order valence-corrected chi connectivity index (χ3v) is 6.24. The Morgan fingerprint density at radius 2 is 1.56 bits per heavy atom. The molecule has 1 N–H and O–H groups in total. The number of aliphatic imine (C=N–C) groups is 1. The Morgan fingerprint density at radius 1 is 0.972 bits per heavy atom. The van der Waals surface area contributed by atoms with Crippen molar-refractivity contribution in [1.29, 1.82) is 0 Å². The second kappa shape index (κ2) is 9.70. The highest BCUT2D eigenvalue weighted by Gasteiger charge is 2.61. The van der Waals surface area contributed by atoms with Crippen LogP contribution in [-0.2, 0) is 24.0 Å². The van der Waals surface area contributed by atoms with Crippen LogP contribution < -0.4 is 5.32 Å². The molecule has 2 fully saturated rings. The molecule has 204 valence electrons. The Balaban J connectivity index is 1.92. The van der Waals surface area contributed by atoms with Crippen molar-refractivity contribution < 1.29 is 63.5 Å². The van der Waals surface area contributed by atoms with Gasteiger partial charge in [0.1, 0.15) is 11.9 Å². The summed E-state index contributed by atoms with van der Waals surface area (Å²) in [6.45, 7) is -0.592. The first kappa shape index (κ1) is 28.0. The molecule has 1 saturated heterocycles. The first-order valence-electron chi connectivity index (χ1n) is 10.7. The molecule has 2 unspecified atom stereocenters. The molecular weight excluding hydrogens is 521 g/mol. The fraction of sp³-hybridized carbons (Fsp3) is 0.789. The molecule has 3 rings (SSSR count).